The molecule has 1 atom stereocenters. The van der Waals surface area contributed by atoms with Gasteiger partial charge in [0.1, 0.15) is 5.82 Å². The minimum Gasteiger partial charge on any atom is -0.288 e. The van der Waals surface area contributed by atoms with Crippen molar-refractivity contribution in [1.82, 2.24) is 25.1 Å². The number of tetrazole rings is 1. The SMILES string of the molecule is Cc1ccccc1-n1nnnc1C(c1ccccc1)N(C)Cc1ccc(F)c(Br)c1. The van der Waals surface area contributed by atoms with Gasteiger partial charge in [0.2, 0.25) is 0 Å². The Morgan fingerprint density at radius 2 is 1.77 bits per heavy atom. The lowest BCUT2D eigenvalue weighted by molar-refractivity contribution is 0.258. The molecular weight excluding hydrogens is 445 g/mol. The van der Waals surface area contributed by atoms with Crippen LogP contribution in [-0.4, -0.2) is 32.2 Å². The lowest BCUT2D eigenvalue weighted by Crippen LogP contribution is -2.28. The maximum atomic E-state index is 13.7. The minimum atomic E-state index is -0.274. The molecule has 7 heteroatoms. The Morgan fingerprint density at radius 3 is 2.50 bits per heavy atom. The highest BCUT2D eigenvalue weighted by molar-refractivity contribution is 9.10. The second-order valence-corrected chi connectivity index (χ2v) is 8.07. The van der Waals surface area contributed by atoms with Gasteiger partial charge in [-0.15, -0.1) is 5.10 Å². The maximum Gasteiger partial charge on any atom is 0.178 e. The van der Waals surface area contributed by atoms with Crippen molar-refractivity contribution in [3.8, 4) is 5.69 Å². The molecule has 5 nitrogen and oxygen atoms in total. The van der Waals surface area contributed by atoms with Crippen LogP contribution in [0.3, 0.4) is 0 Å². The number of benzene rings is 3. The second kappa shape index (κ2) is 8.85. The molecule has 1 aromatic heterocycles. The molecule has 4 rings (SSSR count). The molecule has 0 fully saturated rings. The number of aromatic nitrogens is 4. The van der Waals surface area contributed by atoms with Crippen molar-refractivity contribution in [3.63, 3.8) is 0 Å². The highest BCUT2D eigenvalue weighted by Gasteiger charge is 2.26. The van der Waals surface area contributed by atoms with Crippen LogP contribution in [0.15, 0.2) is 77.3 Å². The van der Waals surface area contributed by atoms with Crippen molar-refractivity contribution in [2.75, 3.05) is 7.05 Å². The molecule has 0 aliphatic heterocycles. The summed E-state index contributed by atoms with van der Waals surface area (Å²) < 4.78 is 15.9. The lowest BCUT2D eigenvalue weighted by Gasteiger charge is -2.28. The zero-order chi connectivity index (χ0) is 21.1. The topological polar surface area (TPSA) is 46.8 Å². The molecule has 0 radical (unpaired) electrons. The van der Waals surface area contributed by atoms with Crippen LogP contribution < -0.4 is 0 Å². The summed E-state index contributed by atoms with van der Waals surface area (Å²) in [5, 5.41) is 12.7. The normalized spacial score (nSPS) is 12.3. The van der Waals surface area contributed by atoms with Crippen LogP contribution >= 0.6 is 15.9 Å². The average molecular weight is 466 g/mol. The zero-order valence-corrected chi connectivity index (χ0v) is 18.3. The van der Waals surface area contributed by atoms with Gasteiger partial charge in [0.25, 0.3) is 0 Å². The van der Waals surface area contributed by atoms with Crippen LogP contribution in [0.25, 0.3) is 5.69 Å². The molecule has 1 heterocycles. The molecule has 30 heavy (non-hydrogen) atoms. The highest BCUT2D eigenvalue weighted by atomic mass is 79.9. The fraction of sp³-hybridized carbons (Fsp3) is 0.174. The van der Waals surface area contributed by atoms with Crippen molar-refractivity contribution < 1.29 is 4.39 Å². The van der Waals surface area contributed by atoms with Gasteiger partial charge < -0.3 is 0 Å². The largest absolute Gasteiger partial charge is 0.288 e. The van der Waals surface area contributed by atoms with E-state index in [9.17, 15) is 4.39 Å². The summed E-state index contributed by atoms with van der Waals surface area (Å²) >= 11 is 3.28. The van der Waals surface area contributed by atoms with Crippen LogP contribution in [0.5, 0.6) is 0 Å². The summed E-state index contributed by atoms with van der Waals surface area (Å²) in [7, 11) is 2.02. The Hall–Kier alpha value is -2.90. The van der Waals surface area contributed by atoms with E-state index >= 15 is 0 Å². The van der Waals surface area contributed by atoms with Gasteiger partial charge in [-0.2, -0.15) is 4.68 Å². The number of para-hydroxylation sites is 1. The molecule has 0 aliphatic rings. The average Bonchev–Trinajstić information content (AvgIpc) is 3.21. The summed E-state index contributed by atoms with van der Waals surface area (Å²) in [6, 6.07) is 23.0. The van der Waals surface area contributed by atoms with Crippen LogP contribution in [0, 0.1) is 12.7 Å². The molecule has 0 spiro atoms. The van der Waals surface area contributed by atoms with E-state index in [2.05, 4.69) is 48.5 Å². The predicted molar refractivity (Wildman–Crippen MR) is 118 cm³/mol. The standard InChI is InChI=1S/C23H21BrFN5/c1-16-8-6-7-11-21(16)30-23(26-27-28-30)22(18-9-4-3-5-10-18)29(2)15-17-12-13-20(25)19(24)14-17/h3-14,22H,15H2,1-2H3. The van der Waals surface area contributed by atoms with Crippen molar-refractivity contribution in [1.29, 1.82) is 0 Å². The van der Waals surface area contributed by atoms with E-state index in [1.807, 2.05) is 56.4 Å². The van der Waals surface area contributed by atoms with E-state index in [1.54, 1.807) is 16.8 Å². The predicted octanol–water partition coefficient (Wildman–Crippen LogP) is 5.09. The number of hydrogen-bond donors (Lipinski definition) is 0. The van der Waals surface area contributed by atoms with E-state index in [0.717, 1.165) is 28.2 Å². The van der Waals surface area contributed by atoms with Gasteiger partial charge in [0, 0.05) is 6.54 Å². The number of aryl methyl sites for hydroxylation is 1. The summed E-state index contributed by atoms with van der Waals surface area (Å²) in [6.07, 6.45) is 0. The molecule has 4 aromatic rings. The smallest absolute Gasteiger partial charge is 0.178 e. The quantitative estimate of drug-likeness (QED) is 0.397. The van der Waals surface area contributed by atoms with Gasteiger partial charge in [0.15, 0.2) is 5.82 Å². The van der Waals surface area contributed by atoms with Crippen molar-refractivity contribution in [3.05, 3.63) is 106 Å². The van der Waals surface area contributed by atoms with Gasteiger partial charge >= 0.3 is 0 Å². The molecule has 0 bridgehead atoms. The van der Waals surface area contributed by atoms with E-state index in [-0.39, 0.29) is 11.9 Å². The molecular formula is C23H21BrFN5. The highest BCUT2D eigenvalue weighted by Crippen LogP contribution is 2.29. The third kappa shape index (κ3) is 4.17. The Labute approximate surface area is 183 Å². The van der Waals surface area contributed by atoms with Crippen LogP contribution in [0.4, 0.5) is 4.39 Å². The third-order valence-corrected chi connectivity index (χ3v) is 5.66. The molecule has 1 unspecified atom stereocenters. The Morgan fingerprint density at radius 1 is 1.03 bits per heavy atom. The van der Waals surface area contributed by atoms with Gasteiger partial charge in [-0.25, -0.2) is 4.39 Å². The van der Waals surface area contributed by atoms with Crippen LogP contribution in [0.2, 0.25) is 0 Å². The first-order chi connectivity index (χ1) is 14.5. The van der Waals surface area contributed by atoms with Gasteiger partial charge in [-0.3, -0.25) is 4.90 Å². The number of rotatable bonds is 6. The summed E-state index contributed by atoms with van der Waals surface area (Å²) in [5.74, 6) is 0.448. The van der Waals surface area contributed by atoms with E-state index in [1.165, 1.54) is 6.07 Å². The molecule has 3 aromatic carbocycles. The first kappa shape index (κ1) is 20.4. The minimum absolute atomic E-state index is 0.190. The fourth-order valence-electron chi connectivity index (χ4n) is 3.59. The Bertz CT molecular complexity index is 1150. The second-order valence-electron chi connectivity index (χ2n) is 7.21. The third-order valence-electron chi connectivity index (χ3n) is 5.05. The monoisotopic (exact) mass is 465 g/mol. The van der Waals surface area contributed by atoms with Crippen LogP contribution in [-0.2, 0) is 6.54 Å². The van der Waals surface area contributed by atoms with E-state index < -0.39 is 0 Å². The molecule has 0 amide bonds. The molecule has 0 saturated heterocycles. The zero-order valence-electron chi connectivity index (χ0n) is 16.7. The van der Waals surface area contributed by atoms with Gasteiger partial charge in [0.05, 0.1) is 16.2 Å². The number of halogens is 2. The lowest BCUT2D eigenvalue weighted by atomic mass is 10.0. The fourth-order valence-corrected chi connectivity index (χ4v) is 4.02. The molecule has 0 saturated carbocycles. The summed E-state index contributed by atoms with van der Waals surface area (Å²) in [6.45, 7) is 2.64. The Kier molecular flexibility index (Phi) is 6.01. The molecule has 0 aliphatic carbocycles. The van der Waals surface area contributed by atoms with Gasteiger partial charge in [-0.05, 0) is 75.2 Å². The van der Waals surface area contributed by atoms with Gasteiger partial charge in [-0.1, -0.05) is 54.6 Å². The maximum absolute atomic E-state index is 13.7. The van der Waals surface area contributed by atoms with E-state index in [0.29, 0.717) is 11.0 Å². The van der Waals surface area contributed by atoms with Crippen molar-refractivity contribution in [2.24, 2.45) is 0 Å². The first-order valence-corrected chi connectivity index (χ1v) is 10.4. The molecule has 0 N–H and O–H groups in total. The van der Waals surface area contributed by atoms with Crippen molar-refractivity contribution >= 4 is 15.9 Å². The number of nitrogens with zero attached hydrogens (tertiary/aromatic N) is 5. The summed E-state index contributed by atoms with van der Waals surface area (Å²) in [5.41, 5.74) is 4.09. The molecule has 152 valence electrons. The van der Waals surface area contributed by atoms with Crippen molar-refractivity contribution in [2.45, 2.75) is 19.5 Å². The van der Waals surface area contributed by atoms with E-state index in [4.69, 9.17) is 0 Å². The Balaban J connectivity index is 1.76. The first-order valence-electron chi connectivity index (χ1n) is 9.58. The van der Waals surface area contributed by atoms with Crippen LogP contribution in [0.1, 0.15) is 28.6 Å². The summed E-state index contributed by atoms with van der Waals surface area (Å²) in [4.78, 5) is 2.16. The number of hydrogen-bond acceptors (Lipinski definition) is 4.